The standard InChI is InChI=1S/C20H29F3N4O2/c1-24-19(27-7-6-18(13-27)26-8-10-28-11-9-26)25-12-16-2-4-17(5-3-16)14-29-15-20(21,22)23/h2-5,18H,6-15H2,1H3,(H,24,25). The molecular formula is C20H29F3N4O2. The van der Waals surface area contributed by atoms with Gasteiger partial charge in [0, 0.05) is 45.8 Å². The highest BCUT2D eigenvalue weighted by atomic mass is 19.4. The average molecular weight is 414 g/mol. The third-order valence-electron chi connectivity index (χ3n) is 5.24. The van der Waals surface area contributed by atoms with Crippen LogP contribution in [0.15, 0.2) is 29.3 Å². The zero-order valence-corrected chi connectivity index (χ0v) is 16.7. The van der Waals surface area contributed by atoms with Crippen LogP contribution in [0.2, 0.25) is 0 Å². The van der Waals surface area contributed by atoms with Crippen molar-refractivity contribution < 1.29 is 22.6 Å². The molecule has 29 heavy (non-hydrogen) atoms. The number of aliphatic imine (C=N–C) groups is 1. The van der Waals surface area contributed by atoms with Gasteiger partial charge >= 0.3 is 6.18 Å². The van der Waals surface area contributed by atoms with Crippen molar-refractivity contribution >= 4 is 5.96 Å². The van der Waals surface area contributed by atoms with Gasteiger partial charge in [-0.3, -0.25) is 9.89 Å². The van der Waals surface area contributed by atoms with E-state index >= 15 is 0 Å². The van der Waals surface area contributed by atoms with E-state index in [4.69, 9.17) is 4.74 Å². The predicted octanol–water partition coefficient (Wildman–Crippen LogP) is 2.25. The van der Waals surface area contributed by atoms with Crippen LogP contribution in [0.25, 0.3) is 0 Å². The number of morpholine rings is 1. The van der Waals surface area contributed by atoms with Crippen molar-refractivity contribution in [3.05, 3.63) is 35.4 Å². The summed E-state index contributed by atoms with van der Waals surface area (Å²) in [5, 5.41) is 3.39. The summed E-state index contributed by atoms with van der Waals surface area (Å²) in [6.07, 6.45) is -3.18. The van der Waals surface area contributed by atoms with Crippen LogP contribution in [0.3, 0.4) is 0 Å². The number of likely N-dealkylation sites (tertiary alicyclic amines) is 1. The summed E-state index contributed by atoms with van der Waals surface area (Å²) in [5.74, 6) is 0.873. The molecule has 0 radical (unpaired) electrons. The fourth-order valence-electron chi connectivity index (χ4n) is 3.73. The highest BCUT2D eigenvalue weighted by Crippen LogP contribution is 2.18. The molecule has 0 spiro atoms. The Labute approximate surface area is 169 Å². The molecule has 6 nitrogen and oxygen atoms in total. The molecule has 9 heteroatoms. The molecule has 2 fully saturated rings. The fourth-order valence-corrected chi connectivity index (χ4v) is 3.73. The molecule has 1 atom stereocenters. The number of rotatable bonds is 6. The quantitative estimate of drug-likeness (QED) is 0.572. The molecule has 162 valence electrons. The molecule has 3 rings (SSSR count). The minimum Gasteiger partial charge on any atom is -0.379 e. The molecule has 2 heterocycles. The zero-order chi connectivity index (χ0) is 20.7. The monoisotopic (exact) mass is 414 g/mol. The molecular weight excluding hydrogens is 385 g/mol. The smallest absolute Gasteiger partial charge is 0.379 e. The van der Waals surface area contributed by atoms with Gasteiger partial charge in [-0.2, -0.15) is 13.2 Å². The number of ether oxygens (including phenoxy) is 2. The number of benzene rings is 1. The number of nitrogens with one attached hydrogen (secondary N) is 1. The molecule has 1 N–H and O–H groups in total. The lowest BCUT2D eigenvalue weighted by atomic mass is 10.1. The molecule has 2 aliphatic heterocycles. The van der Waals surface area contributed by atoms with Crippen molar-refractivity contribution in [3.63, 3.8) is 0 Å². The van der Waals surface area contributed by atoms with E-state index in [0.717, 1.165) is 62.9 Å². The van der Waals surface area contributed by atoms with E-state index in [1.165, 1.54) is 0 Å². The summed E-state index contributed by atoms with van der Waals surface area (Å²) < 4.78 is 46.5. The molecule has 0 aromatic heterocycles. The first-order valence-corrected chi connectivity index (χ1v) is 9.94. The van der Waals surface area contributed by atoms with Crippen LogP contribution in [0, 0.1) is 0 Å². The Morgan fingerprint density at radius 1 is 1.17 bits per heavy atom. The Morgan fingerprint density at radius 3 is 2.52 bits per heavy atom. The first kappa shape index (κ1) is 21.9. The molecule has 1 unspecified atom stereocenters. The second-order valence-electron chi connectivity index (χ2n) is 7.36. The maximum Gasteiger partial charge on any atom is 0.411 e. The van der Waals surface area contributed by atoms with Crippen molar-refractivity contribution in [2.24, 2.45) is 4.99 Å². The molecule has 2 saturated heterocycles. The highest BCUT2D eigenvalue weighted by Gasteiger charge is 2.30. The molecule has 0 bridgehead atoms. The Hall–Kier alpha value is -1.84. The molecule has 2 aliphatic rings. The summed E-state index contributed by atoms with van der Waals surface area (Å²) in [6, 6.07) is 7.91. The normalized spacial score (nSPS) is 21.6. The van der Waals surface area contributed by atoms with Gasteiger partial charge in [0.15, 0.2) is 5.96 Å². The van der Waals surface area contributed by atoms with Gasteiger partial charge < -0.3 is 19.7 Å². The molecule has 0 aliphatic carbocycles. The van der Waals surface area contributed by atoms with Gasteiger partial charge in [-0.05, 0) is 17.5 Å². The lowest BCUT2D eigenvalue weighted by molar-refractivity contribution is -0.176. The summed E-state index contributed by atoms with van der Waals surface area (Å²) in [7, 11) is 1.78. The first-order valence-electron chi connectivity index (χ1n) is 9.94. The average Bonchev–Trinajstić information content (AvgIpc) is 3.19. The molecule has 1 aromatic carbocycles. The van der Waals surface area contributed by atoms with Gasteiger partial charge in [0.05, 0.1) is 19.8 Å². The van der Waals surface area contributed by atoms with Crippen LogP contribution in [0.1, 0.15) is 17.5 Å². The van der Waals surface area contributed by atoms with E-state index < -0.39 is 12.8 Å². The summed E-state index contributed by atoms with van der Waals surface area (Å²) >= 11 is 0. The van der Waals surface area contributed by atoms with Gasteiger partial charge in [0.1, 0.15) is 6.61 Å². The minimum atomic E-state index is -4.30. The van der Waals surface area contributed by atoms with E-state index in [-0.39, 0.29) is 6.61 Å². The molecule has 1 aromatic rings. The largest absolute Gasteiger partial charge is 0.411 e. The topological polar surface area (TPSA) is 49.3 Å². The van der Waals surface area contributed by atoms with Crippen LogP contribution in [-0.2, 0) is 22.6 Å². The first-order chi connectivity index (χ1) is 13.9. The number of hydrogen-bond donors (Lipinski definition) is 1. The third kappa shape index (κ3) is 6.87. The highest BCUT2D eigenvalue weighted by molar-refractivity contribution is 5.80. The number of nitrogens with zero attached hydrogens (tertiary/aromatic N) is 3. The van der Waals surface area contributed by atoms with E-state index in [1.807, 2.05) is 12.1 Å². The van der Waals surface area contributed by atoms with Crippen LogP contribution in [0.4, 0.5) is 13.2 Å². The summed E-state index contributed by atoms with van der Waals surface area (Å²) in [5.41, 5.74) is 1.75. The van der Waals surface area contributed by atoms with Gasteiger partial charge in [0.2, 0.25) is 0 Å². The Kier molecular flexibility index (Phi) is 7.74. The van der Waals surface area contributed by atoms with E-state index in [1.54, 1.807) is 19.2 Å². The van der Waals surface area contributed by atoms with Crippen molar-refractivity contribution in [1.82, 2.24) is 15.1 Å². The number of hydrogen-bond acceptors (Lipinski definition) is 4. The van der Waals surface area contributed by atoms with Gasteiger partial charge in [-0.1, -0.05) is 24.3 Å². The summed E-state index contributed by atoms with van der Waals surface area (Å²) in [4.78, 5) is 9.18. The van der Waals surface area contributed by atoms with Crippen molar-refractivity contribution in [1.29, 1.82) is 0 Å². The lowest BCUT2D eigenvalue weighted by Crippen LogP contribution is -2.46. The number of halogens is 3. The van der Waals surface area contributed by atoms with Crippen molar-refractivity contribution in [2.45, 2.75) is 31.8 Å². The third-order valence-corrected chi connectivity index (χ3v) is 5.24. The van der Waals surface area contributed by atoms with Crippen LogP contribution >= 0.6 is 0 Å². The van der Waals surface area contributed by atoms with Gasteiger partial charge in [-0.25, -0.2) is 0 Å². The zero-order valence-electron chi connectivity index (χ0n) is 16.7. The second kappa shape index (κ2) is 10.3. The second-order valence-corrected chi connectivity index (χ2v) is 7.36. The van der Waals surface area contributed by atoms with E-state index in [2.05, 4.69) is 24.8 Å². The lowest BCUT2D eigenvalue weighted by Gasteiger charge is -2.32. The van der Waals surface area contributed by atoms with Crippen LogP contribution in [0.5, 0.6) is 0 Å². The van der Waals surface area contributed by atoms with Crippen molar-refractivity contribution in [3.8, 4) is 0 Å². The maximum absolute atomic E-state index is 12.1. The SMILES string of the molecule is CN=C(NCc1ccc(COCC(F)(F)F)cc1)N1CCC(N2CCOCC2)C1. The predicted molar refractivity (Wildman–Crippen MR) is 105 cm³/mol. The Morgan fingerprint density at radius 2 is 1.86 bits per heavy atom. The molecule has 0 saturated carbocycles. The van der Waals surface area contributed by atoms with Crippen molar-refractivity contribution in [2.75, 3.05) is 53.0 Å². The summed E-state index contributed by atoms with van der Waals surface area (Å²) in [6.45, 7) is 4.84. The van der Waals surface area contributed by atoms with E-state index in [9.17, 15) is 13.2 Å². The van der Waals surface area contributed by atoms with Gasteiger partial charge in [0.25, 0.3) is 0 Å². The number of guanidine groups is 1. The fraction of sp³-hybridized carbons (Fsp3) is 0.650. The van der Waals surface area contributed by atoms with Crippen LogP contribution in [-0.4, -0.2) is 81.0 Å². The minimum absolute atomic E-state index is 0.0500. The number of alkyl halides is 3. The van der Waals surface area contributed by atoms with Gasteiger partial charge in [-0.15, -0.1) is 0 Å². The Balaban J connectivity index is 1.43. The maximum atomic E-state index is 12.1. The van der Waals surface area contributed by atoms with Crippen LogP contribution < -0.4 is 5.32 Å². The molecule has 0 amide bonds. The van der Waals surface area contributed by atoms with E-state index in [0.29, 0.717) is 12.6 Å². The Bertz CT molecular complexity index is 661.